The summed E-state index contributed by atoms with van der Waals surface area (Å²) in [6.07, 6.45) is 3.10. The van der Waals surface area contributed by atoms with E-state index < -0.39 is 0 Å². The molecule has 1 aromatic heterocycles. The van der Waals surface area contributed by atoms with E-state index in [-0.39, 0.29) is 5.91 Å². The number of hydrogen-bond acceptors (Lipinski definition) is 4. The summed E-state index contributed by atoms with van der Waals surface area (Å²) in [4.78, 5) is 12.3. The number of benzene rings is 2. The molecule has 0 saturated heterocycles. The highest BCUT2D eigenvalue weighted by atomic mass is 35.5. The lowest BCUT2D eigenvalue weighted by molar-refractivity contribution is -0.111. The number of hydrogen-bond donors (Lipinski definition) is 1. The van der Waals surface area contributed by atoms with Crippen LogP contribution in [0.3, 0.4) is 0 Å². The van der Waals surface area contributed by atoms with Crippen molar-refractivity contribution in [1.82, 2.24) is 9.78 Å². The second-order valence-electron chi connectivity index (χ2n) is 6.33. The molecule has 0 spiro atoms. The molecular weight excluding hydrogens is 390 g/mol. The standard InChI is InChI=1S/C22H22ClN3O3/c1-15-18(22(23)26(25-15)14-16-7-5-4-6-8-16)10-12-21(27)24-17-9-11-19(28-2)20(13-17)29-3/h4-13H,14H2,1-3H3,(H,24,27)/b12-10+. The molecule has 0 saturated carbocycles. The molecule has 3 rings (SSSR count). The molecule has 3 aromatic rings. The lowest BCUT2D eigenvalue weighted by Crippen LogP contribution is -2.08. The topological polar surface area (TPSA) is 65.4 Å². The molecule has 1 amide bonds. The van der Waals surface area contributed by atoms with E-state index in [9.17, 15) is 4.79 Å². The number of halogens is 1. The van der Waals surface area contributed by atoms with Gasteiger partial charge in [0.05, 0.1) is 26.5 Å². The van der Waals surface area contributed by atoms with Gasteiger partial charge in [0.2, 0.25) is 5.91 Å². The van der Waals surface area contributed by atoms with Crippen molar-refractivity contribution in [2.75, 3.05) is 19.5 Å². The molecular formula is C22H22ClN3O3. The number of nitrogens with zero attached hydrogens (tertiary/aromatic N) is 2. The van der Waals surface area contributed by atoms with E-state index in [1.165, 1.54) is 6.08 Å². The first kappa shape index (κ1) is 20.5. The fourth-order valence-electron chi connectivity index (χ4n) is 2.87. The number of rotatable bonds is 7. The van der Waals surface area contributed by atoms with Gasteiger partial charge >= 0.3 is 0 Å². The molecule has 6 nitrogen and oxygen atoms in total. The van der Waals surface area contributed by atoms with E-state index in [0.29, 0.717) is 34.4 Å². The smallest absolute Gasteiger partial charge is 0.248 e. The summed E-state index contributed by atoms with van der Waals surface area (Å²) in [5.41, 5.74) is 3.16. The number of anilines is 1. The fourth-order valence-corrected chi connectivity index (χ4v) is 3.17. The fraction of sp³-hybridized carbons (Fsp3) is 0.182. The molecule has 0 atom stereocenters. The van der Waals surface area contributed by atoms with Crippen LogP contribution in [0.2, 0.25) is 5.15 Å². The minimum atomic E-state index is -0.288. The molecule has 0 fully saturated rings. The van der Waals surface area contributed by atoms with Crippen LogP contribution in [0, 0.1) is 6.92 Å². The third-order valence-electron chi connectivity index (χ3n) is 4.34. The third kappa shape index (κ3) is 4.97. The Morgan fingerprint density at radius 3 is 2.55 bits per heavy atom. The number of amides is 1. The zero-order valence-electron chi connectivity index (χ0n) is 16.5. The van der Waals surface area contributed by atoms with Crippen molar-refractivity contribution in [1.29, 1.82) is 0 Å². The molecule has 1 N–H and O–H groups in total. The maximum absolute atomic E-state index is 12.3. The monoisotopic (exact) mass is 411 g/mol. The Balaban J connectivity index is 1.72. The predicted octanol–water partition coefficient (Wildman–Crippen LogP) is 4.56. The van der Waals surface area contributed by atoms with Crippen LogP contribution in [-0.2, 0) is 11.3 Å². The Morgan fingerprint density at radius 1 is 1.14 bits per heavy atom. The lowest BCUT2D eigenvalue weighted by Gasteiger charge is -2.09. The molecule has 0 aliphatic carbocycles. The number of carbonyl (C=O) groups is 1. The summed E-state index contributed by atoms with van der Waals surface area (Å²) in [7, 11) is 3.10. The summed E-state index contributed by atoms with van der Waals surface area (Å²) in [6.45, 7) is 2.42. The second-order valence-corrected chi connectivity index (χ2v) is 6.68. The van der Waals surface area contributed by atoms with Crippen molar-refractivity contribution in [3.8, 4) is 11.5 Å². The minimum absolute atomic E-state index is 0.288. The summed E-state index contributed by atoms with van der Waals surface area (Å²) in [6, 6.07) is 15.1. The second kappa shape index (κ2) is 9.30. The summed E-state index contributed by atoms with van der Waals surface area (Å²) >= 11 is 6.48. The van der Waals surface area contributed by atoms with Crippen molar-refractivity contribution in [3.05, 3.63) is 76.6 Å². The van der Waals surface area contributed by atoms with Crippen LogP contribution in [0.5, 0.6) is 11.5 Å². The first-order valence-corrected chi connectivity index (χ1v) is 9.37. The van der Waals surface area contributed by atoms with Crippen LogP contribution in [0.25, 0.3) is 6.08 Å². The molecule has 0 radical (unpaired) electrons. The number of aromatic nitrogens is 2. The van der Waals surface area contributed by atoms with Gasteiger partial charge in [-0.1, -0.05) is 41.9 Å². The Morgan fingerprint density at radius 2 is 1.86 bits per heavy atom. The first-order valence-electron chi connectivity index (χ1n) is 8.99. The van der Waals surface area contributed by atoms with Crippen molar-refractivity contribution in [3.63, 3.8) is 0 Å². The normalized spacial score (nSPS) is 10.9. The van der Waals surface area contributed by atoms with Gasteiger partial charge in [0.1, 0.15) is 5.15 Å². The zero-order chi connectivity index (χ0) is 20.8. The van der Waals surface area contributed by atoms with E-state index in [1.54, 1.807) is 43.2 Å². The third-order valence-corrected chi connectivity index (χ3v) is 4.74. The maximum Gasteiger partial charge on any atom is 0.248 e. The summed E-state index contributed by atoms with van der Waals surface area (Å²) in [5.74, 6) is 0.841. The quantitative estimate of drug-likeness (QED) is 0.579. The first-order chi connectivity index (χ1) is 14.0. The Bertz CT molecular complexity index is 1030. The van der Waals surface area contributed by atoms with Crippen molar-refractivity contribution < 1.29 is 14.3 Å². The average Bonchev–Trinajstić information content (AvgIpc) is 2.99. The van der Waals surface area contributed by atoms with Gasteiger partial charge in [0.15, 0.2) is 11.5 Å². The SMILES string of the molecule is COc1ccc(NC(=O)/C=C/c2c(C)nn(Cc3ccccc3)c2Cl)cc1OC. The Kier molecular flexibility index (Phi) is 6.57. The van der Waals surface area contributed by atoms with E-state index in [4.69, 9.17) is 21.1 Å². The highest BCUT2D eigenvalue weighted by Crippen LogP contribution is 2.29. The number of methoxy groups -OCH3 is 2. The molecule has 0 aliphatic rings. The van der Waals surface area contributed by atoms with E-state index in [0.717, 1.165) is 11.3 Å². The Labute approximate surface area is 174 Å². The molecule has 0 aliphatic heterocycles. The van der Waals surface area contributed by atoms with Gasteiger partial charge in [-0.15, -0.1) is 0 Å². The van der Waals surface area contributed by atoms with E-state index in [2.05, 4.69) is 10.4 Å². The molecule has 1 heterocycles. The van der Waals surface area contributed by atoms with E-state index >= 15 is 0 Å². The van der Waals surface area contributed by atoms with E-state index in [1.807, 2.05) is 37.3 Å². The number of carbonyl (C=O) groups excluding carboxylic acids is 1. The van der Waals surface area contributed by atoms with Crippen molar-refractivity contribution >= 4 is 29.3 Å². The number of nitrogens with one attached hydrogen (secondary N) is 1. The van der Waals surface area contributed by atoms with Gasteiger partial charge in [0.25, 0.3) is 0 Å². The molecule has 2 aromatic carbocycles. The highest BCUT2D eigenvalue weighted by molar-refractivity contribution is 6.31. The predicted molar refractivity (Wildman–Crippen MR) is 115 cm³/mol. The van der Waals surface area contributed by atoms with Gasteiger partial charge in [-0.2, -0.15) is 5.10 Å². The van der Waals surface area contributed by atoms with Crippen LogP contribution in [-0.4, -0.2) is 29.9 Å². The largest absolute Gasteiger partial charge is 0.493 e. The number of ether oxygens (including phenoxy) is 2. The minimum Gasteiger partial charge on any atom is -0.493 e. The molecule has 29 heavy (non-hydrogen) atoms. The molecule has 0 bridgehead atoms. The summed E-state index contributed by atoms with van der Waals surface area (Å²) < 4.78 is 12.2. The van der Waals surface area contributed by atoms with Gasteiger partial charge in [-0.3, -0.25) is 4.79 Å². The van der Waals surface area contributed by atoms with Gasteiger partial charge in [0, 0.05) is 23.4 Å². The van der Waals surface area contributed by atoms with Gasteiger partial charge in [-0.05, 0) is 30.7 Å². The molecule has 0 unspecified atom stereocenters. The Hall–Kier alpha value is -3.25. The van der Waals surface area contributed by atoms with Gasteiger partial charge < -0.3 is 14.8 Å². The maximum atomic E-state index is 12.3. The molecule has 150 valence electrons. The zero-order valence-corrected chi connectivity index (χ0v) is 17.2. The lowest BCUT2D eigenvalue weighted by atomic mass is 10.2. The van der Waals surface area contributed by atoms with Crippen LogP contribution in [0.4, 0.5) is 5.69 Å². The van der Waals surface area contributed by atoms with Crippen molar-refractivity contribution in [2.24, 2.45) is 0 Å². The van der Waals surface area contributed by atoms with Gasteiger partial charge in [-0.25, -0.2) is 4.68 Å². The van der Waals surface area contributed by atoms with Crippen LogP contribution in [0.15, 0.2) is 54.6 Å². The van der Waals surface area contributed by atoms with Crippen LogP contribution < -0.4 is 14.8 Å². The average molecular weight is 412 g/mol. The highest BCUT2D eigenvalue weighted by Gasteiger charge is 2.12. The van der Waals surface area contributed by atoms with Crippen LogP contribution >= 0.6 is 11.6 Å². The van der Waals surface area contributed by atoms with Crippen LogP contribution in [0.1, 0.15) is 16.8 Å². The summed E-state index contributed by atoms with van der Waals surface area (Å²) in [5, 5.41) is 7.76. The molecule has 7 heteroatoms. The van der Waals surface area contributed by atoms with Crippen molar-refractivity contribution in [2.45, 2.75) is 13.5 Å². The number of aryl methyl sites for hydroxylation is 1.